The molecule has 0 saturated heterocycles. The van der Waals surface area contributed by atoms with Crippen molar-refractivity contribution in [3.05, 3.63) is 0 Å². The topological polar surface area (TPSA) is 131 Å². The van der Waals surface area contributed by atoms with Gasteiger partial charge in [0, 0.05) is 19.4 Å². The molecule has 0 aromatic heterocycles. The lowest BCUT2D eigenvalue weighted by Gasteiger charge is -2.15. The Kier molecular flexibility index (Phi) is 30.3. The van der Waals surface area contributed by atoms with E-state index in [1.54, 1.807) is 0 Å². The Bertz CT molecular complexity index is 694. The molecular weight excluding hydrogens is 569 g/mol. The summed E-state index contributed by atoms with van der Waals surface area (Å²) >= 11 is 0. The van der Waals surface area contributed by atoms with Crippen LogP contribution in [0.25, 0.3) is 0 Å². The zero-order valence-electron chi connectivity index (χ0n) is 27.7. The number of phosphoric acid groups is 1. The summed E-state index contributed by atoms with van der Waals surface area (Å²) in [5.41, 5.74) is 0. The molecule has 0 aromatic rings. The van der Waals surface area contributed by atoms with E-state index in [4.69, 9.17) is 13.8 Å². The lowest BCUT2D eigenvalue weighted by molar-refractivity contribution is -0.147. The van der Waals surface area contributed by atoms with E-state index in [-0.39, 0.29) is 32.1 Å². The zero-order valence-corrected chi connectivity index (χ0v) is 28.6. The summed E-state index contributed by atoms with van der Waals surface area (Å²) in [5, 5.41) is 12.5. The molecule has 3 N–H and O–H groups in total. The fourth-order valence-electron chi connectivity index (χ4n) is 4.85. The van der Waals surface area contributed by atoms with Gasteiger partial charge in [0.25, 0.3) is 0 Å². The van der Waals surface area contributed by atoms with Gasteiger partial charge in [-0.05, 0) is 12.8 Å². The quantitative estimate of drug-likeness (QED) is 0.0371. The van der Waals surface area contributed by atoms with Crippen molar-refractivity contribution in [1.29, 1.82) is 0 Å². The molecule has 2 unspecified atom stereocenters. The van der Waals surface area contributed by atoms with Crippen LogP contribution in [0.1, 0.15) is 168 Å². The molecule has 43 heavy (non-hydrogen) atoms. The molecule has 0 aliphatic rings. The van der Waals surface area contributed by atoms with Crippen molar-refractivity contribution >= 4 is 19.7 Å². The van der Waals surface area contributed by atoms with Crippen LogP contribution in [0.5, 0.6) is 0 Å². The number of carbonyl (C=O) groups is 2. The third kappa shape index (κ3) is 32.2. The number of hydrogen-bond acceptors (Lipinski definition) is 7. The normalized spacial score (nSPS) is 13.5. The van der Waals surface area contributed by atoms with Gasteiger partial charge in [-0.2, -0.15) is 0 Å². The standard InChI is InChI=1S/C33H66NO8P/c1-3-5-7-9-10-11-12-13-14-15-16-17-18-19-20-21-22-23-25-32(36)34-27-28-41-43(38,39)42-30-31(35)29-40-33(37)26-24-8-6-4-2/h31,35H,3-30H2,1-2H3,(H,34,36)(H,38,39). The minimum absolute atomic E-state index is 0.0873. The van der Waals surface area contributed by atoms with Gasteiger partial charge in [0.1, 0.15) is 12.7 Å². The lowest BCUT2D eigenvalue weighted by Crippen LogP contribution is -2.27. The minimum atomic E-state index is -4.39. The molecule has 0 saturated carbocycles. The molecule has 256 valence electrons. The van der Waals surface area contributed by atoms with Crippen LogP contribution in [0.4, 0.5) is 0 Å². The third-order valence-electron chi connectivity index (χ3n) is 7.54. The number of nitrogens with one attached hydrogen (secondary N) is 1. The molecule has 0 fully saturated rings. The van der Waals surface area contributed by atoms with Gasteiger partial charge in [0.05, 0.1) is 13.2 Å². The summed E-state index contributed by atoms with van der Waals surface area (Å²) in [5.74, 6) is -0.528. The average Bonchev–Trinajstić information content (AvgIpc) is 2.99. The molecule has 0 aliphatic carbocycles. The monoisotopic (exact) mass is 635 g/mol. The first-order valence-electron chi connectivity index (χ1n) is 17.5. The first-order chi connectivity index (χ1) is 20.8. The minimum Gasteiger partial charge on any atom is -0.463 e. The maximum Gasteiger partial charge on any atom is 0.472 e. The van der Waals surface area contributed by atoms with Gasteiger partial charge < -0.3 is 20.1 Å². The third-order valence-corrected chi connectivity index (χ3v) is 8.52. The second-order valence-electron chi connectivity index (χ2n) is 11.9. The van der Waals surface area contributed by atoms with E-state index in [1.807, 2.05) is 0 Å². The summed E-state index contributed by atoms with van der Waals surface area (Å²) in [6.45, 7) is 3.41. The van der Waals surface area contributed by atoms with Gasteiger partial charge in [-0.15, -0.1) is 0 Å². The van der Waals surface area contributed by atoms with Gasteiger partial charge in [-0.25, -0.2) is 4.57 Å². The molecule has 0 radical (unpaired) electrons. The van der Waals surface area contributed by atoms with Crippen molar-refractivity contribution in [2.45, 2.75) is 174 Å². The van der Waals surface area contributed by atoms with Crippen LogP contribution in [0.3, 0.4) is 0 Å². The Labute approximate surface area is 263 Å². The van der Waals surface area contributed by atoms with Gasteiger partial charge in [0.15, 0.2) is 0 Å². The van der Waals surface area contributed by atoms with Crippen molar-refractivity contribution in [2.75, 3.05) is 26.4 Å². The molecule has 0 bridgehead atoms. The molecular formula is C33H66NO8P. The van der Waals surface area contributed by atoms with Crippen molar-refractivity contribution < 1.29 is 37.9 Å². The van der Waals surface area contributed by atoms with E-state index in [2.05, 4.69) is 19.2 Å². The Morgan fingerprint density at radius 3 is 1.53 bits per heavy atom. The number of aliphatic hydroxyl groups excluding tert-OH is 1. The van der Waals surface area contributed by atoms with Gasteiger partial charge in [0.2, 0.25) is 5.91 Å². The highest BCUT2D eigenvalue weighted by molar-refractivity contribution is 7.47. The van der Waals surface area contributed by atoms with Crippen LogP contribution >= 0.6 is 7.82 Å². The lowest BCUT2D eigenvalue weighted by atomic mass is 10.0. The predicted octanol–water partition coefficient (Wildman–Crippen LogP) is 8.54. The maximum absolute atomic E-state index is 12.0. The summed E-state index contributed by atoms with van der Waals surface area (Å²) in [6.07, 6.45) is 26.7. The molecule has 1 amide bonds. The van der Waals surface area contributed by atoms with Crippen LogP contribution in [0, 0.1) is 0 Å². The van der Waals surface area contributed by atoms with E-state index < -0.39 is 26.5 Å². The largest absolute Gasteiger partial charge is 0.472 e. The predicted molar refractivity (Wildman–Crippen MR) is 174 cm³/mol. The van der Waals surface area contributed by atoms with Crippen molar-refractivity contribution in [3.63, 3.8) is 0 Å². The number of unbranched alkanes of at least 4 members (excludes halogenated alkanes) is 20. The van der Waals surface area contributed by atoms with Crippen LogP contribution in [-0.2, 0) is 27.9 Å². The summed E-state index contributed by atoms with van der Waals surface area (Å²) in [6, 6.07) is 0. The van der Waals surface area contributed by atoms with E-state index in [9.17, 15) is 24.2 Å². The number of phosphoric ester groups is 1. The molecule has 10 heteroatoms. The molecule has 2 atom stereocenters. The smallest absolute Gasteiger partial charge is 0.463 e. The molecule has 0 spiro atoms. The van der Waals surface area contributed by atoms with Crippen molar-refractivity contribution in [3.8, 4) is 0 Å². The highest BCUT2D eigenvalue weighted by Crippen LogP contribution is 2.42. The molecule has 0 heterocycles. The molecule has 0 aliphatic heterocycles. The van der Waals surface area contributed by atoms with Crippen LogP contribution in [-0.4, -0.2) is 54.3 Å². The molecule has 0 rings (SSSR count). The van der Waals surface area contributed by atoms with Crippen LogP contribution in [0.15, 0.2) is 0 Å². The maximum atomic E-state index is 12.0. The Balaban J connectivity index is 3.51. The number of hydrogen-bond donors (Lipinski definition) is 3. The highest BCUT2D eigenvalue weighted by atomic mass is 31.2. The fourth-order valence-corrected chi connectivity index (χ4v) is 5.61. The first-order valence-corrected chi connectivity index (χ1v) is 19.0. The number of esters is 1. The average molecular weight is 636 g/mol. The SMILES string of the molecule is CCCCCCCCCCCCCCCCCCCCC(=O)NCCOP(=O)(O)OCC(O)COC(=O)CCCCCC. The zero-order chi connectivity index (χ0) is 31.9. The Hall–Kier alpha value is -0.990. The number of rotatable bonds is 33. The molecule has 9 nitrogen and oxygen atoms in total. The second kappa shape index (κ2) is 31.0. The highest BCUT2D eigenvalue weighted by Gasteiger charge is 2.23. The second-order valence-corrected chi connectivity index (χ2v) is 13.3. The van der Waals surface area contributed by atoms with Crippen molar-refractivity contribution in [2.24, 2.45) is 0 Å². The van der Waals surface area contributed by atoms with Gasteiger partial charge >= 0.3 is 13.8 Å². The number of amides is 1. The van der Waals surface area contributed by atoms with Gasteiger partial charge in [-0.3, -0.25) is 18.6 Å². The number of carbonyl (C=O) groups excluding carboxylic acids is 2. The summed E-state index contributed by atoms with van der Waals surface area (Å²) < 4.78 is 26.5. The summed E-state index contributed by atoms with van der Waals surface area (Å²) in [4.78, 5) is 33.3. The summed E-state index contributed by atoms with van der Waals surface area (Å²) in [7, 11) is -4.39. The van der Waals surface area contributed by atoms with Crippen LogP contribution in [0.2, 0.25) is 0 Å². The van der Waals surface area contributed by atoms with E-state index in [0.717, 1.165) is 44.9 Å². The van der Waals surface area contributed by atoms with Crippen molar-refractivity contribution in [1.82, 2.24) is 5.32 Å². The number of aliphatic hydroxyl groups is 1. The van der Waals surface area contributed by atoms with Gasteiger partial charge in [-0.1, -0.05) is 142 Å². The van der Waals surface area contributed by atoms with E-state index >= 15 is 0 Å². The Morgan fingerprint density at radius 1 is 0.628 bits per heavy atom. The molecule has 0 aromatic carbocycles. The Morgan fingerprint density at radius 2 is 1.05 bits per heavy atom. The first kappa shape index (κ1) is 42.0. The number of ether oxygens (including phenoxy) is 1. The van der Waals surface area contributed by atoms with Crippen LogP contribution < -0.4 is 5.32 Å². The fraction of sp³-hybridized carbons (Fsp3) is 0.939. The van der Waals surface area contributed by atoms with E-state index in [1.165, 1.54) is 96.3 Å². The van der Waals surface area contributed by atoms with E-state index in [0.29, 0.717) is 6.42 Å².